The lowest BCUT2D eigenvalue weighted by Crippen LogP contribution is -2.62. The van der Waals surface area contributed by atoms with Gasteiger partial charge in [0.05, 0.1) is 11.2 Å². The minimum atomic E-state index is -4.72. The second kappa shape index (κ2) is 7.84. The Hall–Kier alpha value is -2.14. The first-order chi connectivity index (χ1) is 14.1. The van der Waals surface area contributed by atoms with Crippen LogP contribution in [0.3, 0.4) is 0 Å². The first-order valence-electron chi connectivity index (χ1n) is 9.58. The molecule has 30 heavy (non-hydrogen) atoms. The van der Waals surface area contributed by atoms with Crippen LogP contribution in [0.5, 0.6) is 5.75 Å². The van der Waals surface area contributed by atoms with Gasteiger partial charge >= 0.3 is 6.36 Å². The van der Waals surface area contributed by atoms with Crippen molar-refractivity contribution in [2.24, 2.45) is 0 Å². The molecular formula is C20H22F3N3O3S. The quantitative estimate of drug-likeness (QED) is 0.713. The molecule has 2 aliphatic heterocycles. The third-order valence-corrected chi connectivity index (χ3v) is 7.00. The molecule has 2 aromatic rings. The normalized spacial score (nSPS) is 27.2. The number of halogens is 3. The van der Waals surface area contributed by atoms with Crippen LogP contribution < -0.4 is 14.8 Å². The number of piperidine rings is 1. The smallest absolute Gasteiger partial charge is 0.573 e. The van der Waals surface area contributed by atoms with Crippen molar-refractivity contribution in [2.45, 2.75) is 36.2 Å². The zero-order valence-corrected chi connectivity index (χ0v) is 16.9. The van der Waals surface area contributed by atoms with Crippen molar-refractivity contribution in [2.75, 3.05) is 25.0 Å². The molecule has 0 aromatic heterocycles. The molecule has 2 aliphatic rings. The highest BCUT2D eigenvalue weighted by atomic mass is 32.3. The molecule has 6 nitrogen and oxygen atoms in total. The van der Waals surface area contributed by atoms with Crippen LogP contribution in [0.1, 0.15) is 18.4 Å². The first kappa shape index (κ1) is 21.1. The summed E-state index contributed by atoms with van der Waals surface area (Å²) in [5, 5.41) is 3.26. The molecule has 0 radical (unpaired) electrons. The van der Waals surface area contributed by atoms with Gasteiger partial charge in [-0.2, -0.15) is 0 Å². The number of fused-ring (bicyclic) bond motifs is 1. The average molecular weight is 441 g/mol. The van der Waals surface area contributed by atoms with E-state index in [1.165, 1.54) is 12.1 Å². The van der Waals surface area contributed by atoms with Crippen molar-refractivity contribution in [1.82, 2.24) is 9.62 Å². The van der Waals surface area contributed by atoms with Gasteiger partial charge in [-0.3, -0.25) is 4.90 Å². The van der Waals surface area contributed by atoms with Gasteiger partial charge in [-0.25, -0.2) is 0 Å². The molecular weight excluding hydrogens is 419 g/mol. The van der Waals surface area contributed by atoms with Gasteiger partial charge in [-0.15, -0.1) is 17.9 Å². The van der Waals surface area contributed by atoms with Gasteiger partial charge in [0.2, 0.25) is 0 Å². The molecule has 10 heteroatoms. The third kappa shape index (κ3) is 4.77. The summed E-state index contributed by atoms with van der Waals surface area (Å²) in [6.45, 7) is 2.23. The number of ether oxygens (including phenoxy) is 1. The van der Waals surface area contributed by atoms with E-state index in [9.17, 15) is 21.9 Å². The Morgan fingerprint density at radius 2 is 1.90 bits per heavy atom. The molecule has 1 fully saturated rings. The summed E-state index contributed by atoms with van der Waals surface area (Å²) < 4.78 is 69.6. The Balaban J connectivity index is 1.46. The monoisotopic (exact) mass is 441 g/mol. The maximum absolute atomic E-state index is 12.9. The van der Waals surface area contributed by atoms with Crippen molar-refractivity contribution >= 4 is 16.1 Å². The van der Waals surface area contributed by atoms with Crippen molar-refractivity contribution in [3.8, 4) is 5.75 Å². The molecule has 1 saturated heterocycles. The second-order valence-corrected chi connectivity index (χ2v) is 9.39. The summed E-state index contributed by atoms with van der Waals surface area (Å²) in [4.78, 5) is 2.35. The fourth-order valence-electron chi connectivity index (χ4n) is 4.13. The van der Waals surface area contributed by atoms with Crippen molar-refractivity contribution in [1.29, 1.82) is 0 Å². The van der Waals surface area contributed by atoms with E-state index in [1.54, 1.807) is 36.4 Å². The molecule has 2 heterocycles. The van der Waals surface area contributed by atoms with Crippen LogP contribution in [-0.2, 0) is 21.2 Å². The summed E-state index contributed by atoms with van der Waals surface area (Å²) in [5.41, 5.74) is 0.753. The topological polar surface area (TPSA) is 76.7 Å². The summed E-state index contributed by atoms with van der Waals surface area (Å²) in [6.07, 6.45) is -3.22. The molecule has 0 amide bonds. The lowest BCUT2D eigenvalue weighted by atomic mass is 9.89. The lowest BCUT2D eigenvalue weighted by Gasteiger charge is -2.42. The van der Waals surface area contributed by atoms with Crippen LogP contribution in [0.25, 0.3) is 0 Å². The number of nitrogens with zero attached hydrogens (tertiary/aromatic N) is 1. The number of hydrogen-bond acceptors (Lipinski definition) is 5. The Labute approximate surface area is 173 Å². The van der Waals surface area contributed by atoms with Crippen LogP contribution in [0.4, 0.5) is 18.9 Å². The fraction of sp³-hybridized carbons (Fsp3) is 0.400. The second-order valence-electron chi connectivity index (χ2n) is 7.74. The maximum atomic E-state index is 12.9. The van der Waals surface area contributed by atoms with Gasteiger partial charge in [0.25, 0.3) is 0 Å². The van der Waals surface area contributed by atoms with Gasteiger partial charge in [-0.05, 0) is 49.2 Å². The first-order valence-corrected chi connectivity index (χ1v) is 11.1. The van der Waals surface area contributed by atoms with Gasteiger partial charge in [0.1, 0.15) is 5.75 Å². The molecule has 2 atom stereocenters. The molecule has 162 valence electrons. The highest BCUT2D eigenvalue weighted by Crippen LogP contribution is 2.33. The van der Waals surface area contributed by atoms with Gasteiger partial charge in [0, 0.05) is 19.6 Å². The number of rotatable bonds is 3. The van der Waals surface area contributed by atoms with E-state index in [1.807, 2.05) is 0 Å². The van der Waals surface area contributed by atoms with E-state index < -0.39 is 22.3 Å². The van der Waals surface area contributed by atoms with Crippen LogP contribution in [0, 0.1) is 0 Å². The number of anilines is 1. The molecule has 4 rings (SSSR count). The molecule has 0 aliphatic carbocycles. The highest BCUT2D eigenvalue weighted by molar-refractivity contribution is 7.96. The number of nitrogens with one attached hydrogen (secondary N) is 2. The Bertz CT molecular complexity index is 954. The Kier molecular flexibility index (Phi) is 5.52. The molecule has 0 saturated carbocycles. The molecule has 2 aromatic carbocycles. The number of alkyl halides is 3. The van der Waals surface area contributed by atoms with E-state index in [0.717, 1.165) is 18.5 Å². The summed E-state index contributed by atoms with van der Waals surface area (Å²) in [5.74, 6) is -0.264. The Morgan fingerprint density at radius 3 is 2.63 bits per heavy atom. The number of para-hydroxylation sites is 1. The minimum absolute atomic E-state index is 0.235. The summed E-state index contributed by atoms with van der Waals surface area (Å²) in [6, 6.07) is 12.6. The SMILES string of the molecule is O=[S+]1([O-])NC2(CCCN(Cc3ccc(OC(F)(F)F)cc3)C2)CNc2ccccc21. The number of benzene rings is 2. The van der Waals surface area contributed by atoms with Crippen LogP contribution >= 0.6 is 0 Å². The zero-order valence-electron chi connectivity index (χ0n) is 16.1. The molecule has 2 N–H and O–H groups in total. The van der Waals surface area contributed by atoms with Crippen LogP contribution in [0.2, 0.25) is 0 Å². The van der Waals surface area contributed by atoms with Gasteiger partial charge in [-0.1, -0.05) is 28.5 Å². The summed E-state index contributed by atoms with van der Waals surface area (Å²) >= 11 is 0. The largest absolute Gasteiger partial charge is 0.593 e. The van der Waals surface area contributed by atoms with Crippen molar-refractivity contribution in [3.63, 3.8) is 0 Å². The minimum Gasteiger partial charge on any atom is -0.593 e. The van der Waals surface area contributed by atoms with Gasteiger partial charge < -0.3 is 14.6 Å². The van der Waals surface area contributed by atoms with Crippen molar-refractivity contribution < 1.29 is 26.7 Å². The average Bonchev–Trinajstić information content (AvgIpc) is 2.77. The third-order valence-electron chi connectivity index (χ3n) is 5.36. The van der Waals surface area contributed by atoms with E-state index in [0.29, 0.717) is 31.7 Å². The Morgan fingerprint density at radius 1 is 1.17 bits per heavy atom. The number of hydrogen-bond donors (Lipinski definition) is 2. The zero-order chi connectivity index (χ0) is 21.4. The number of sulfonamides is 1. The van der Waals surface area contributed by atoms with Crippen molar-refractivity contribution in [3.05, 3.63) is 54.1 Å². The summed E-state index contributed by atoms with van der Waals surface area (Å²) in [7, 11) is -3.67. The van der Waals surface area contributed by atoms with Gasteiger partial charge in [0.15, 0.2) is 15.3 Å². The van der Waals surface area contributed by atoms with Crippen LogP contribution in [0.15, 0.2) is 53.4 Å². The predicted molar refractivity (Wildman–Crippen MR) is 106 cm³/mol. The van der Waals surface area contributed by atoms with E-state index >= 15 is 0 Å². The van der Waals surface area contributed by atoms with E-state index in [2.05, 4.69) is 19.7 Å². The molecule has 1 spiro atoms. The lowest BCUT2D eigenvalue weighted by molar-refractivity contribution is -0.274. The van der Waals surface area contributed by atoms with Crippen LogP contribution in [-0.4, -0.2) is 41.0 Å². The maximum Gasteiger partial charge on any atom is 0.573 e. The van der Waals surface area contributed by atoms with E-state index in [-0.39, 0.29) is 10.6 Å². The highest BCUT2D eigenvalue weighted by Gasteiger charge is 2.44. The molecule has 2 unspecified atom stereocenters. The standard InChI is InChI=1S/C20H22F3N3O3S/c21-20(22,23)29-16-8-6-15(7-9-16)12-26-11-3-10-19(14-26)13-24-17-4-1-2-5-18(17)30(27,28)25-19/h1-2,4-9,24H,3,10-14H2,(H-,25,27,28). The van der Waals surface area contributed by atoms with E-state index in [4.69, 9.17) is 0 Å². The number of likely N-dealkylation sites (tertiary alicyclic amines) is 1. The molecule has 0 bridgehead atoms. The predicted octanol–water partition coefficient (Wildman–Crippen LogP) is 3.54. The fourth-order valence-corrected chi connectivity index (χ4v) is 5.74.